The number of carbonyl (C=O) groups excluding carboxylic acids is 2. The number of hydrogen-bond donors (Lipinski definition) is 0. The average molecular weight is 352 g/mol. The van der Waals surface area contributed by atoms with Gasteiger partial charge in [-0.2, -0.15) is 0 Å². The van der Waals surface area contributed by atoms with E-state index in [1.165, 1.54) is 4.90 Å². The molecule has 2 heterocycles. The number of para-hydroxylation sites is 1. The highest BCUT2D eigenvalue weighted by atomic mass is 16.2. The molecule has 6 nitrogen and oxygen atoms in total. The number of benzene rings is 1. The van der Waals surface area contributed by atoms with Gasteiger partial charge in [0.15, 0.2) is 0 Å². The minimum Gasteiger partial charge on any atom is -0.368 e. The Balaban J connectivity index is 1.48. The summed E-state index contributed by atoms with van der Waals surface area (Å²) in [7, 11) is 1.68. The Morgan fingerprint density at radius 2 is 1.65 bits per heavy atom. The summed E-state index contributed by atoms with van der Waals surface area (Å²) in [5.74, 6) is -0.845. The molecule has 1 saturated heterocycles. The molecule has 0 radical (unpaired) electrons. The van der Waals surface area contributed by atoms with Crippen molar-refractivity contribution in [1.82, 2.24) is 14.8 Å². The molecule has 0 unspecified atom stereocenters. The van der Waals surface area contributed by atoms with Gasteiger partial charge < -0.3 is 14.7 Å². The minimum absolute atomic E-state index is 0.407. The molecular formula is C20H24N4O2. The van der Waals surface area contributed by atoms with E-state index in [0.717, 1.165) is 24.3 Å². The minimum atomic E-state index is -0.438. The zero-order valence-corrected chi connectivity index (χ0v) is 15.0. The molecule has 1 aliphatic heterocycles. The molecule has 0 atom stereocenters. The number of amides is 2. The summed E-state index contributed by atoms with van der Waals surface area (Å²) >= 11 is 0. The van der Waals surface area contributed by atoms with E-state index in [1.54, 1.807) is 24.3 Å². The van der Waals surface area contributed by atoms with Gasteiger partial charge in [-0.05, 0) is 36.2 Å². The molecule has 136 valence electrons. The Hall–Kier alpha value is -2.89. The van der Waals surface area contributed by atoms with E-state index in [2.05, 4.69) is 22.0 Å². The largest absolute Gasteiger partial charge is 0.368 e. The number of carbonyl (C=O) groups is 2. The first kappa shape index (κ1) is 17.9. The van der Waals surface area contributed by atoms with Gasteiger partial charge in [0.2, 0.25) is 0 Å². The van der Waals surface area contributed by atoms with Crippen molar-refractivity contribution in [2.45, 2.75) is 6.42 Å². The lowest BCUT2D eigenvalue weighted by Gasteiger charge is -2.36. The number of likely N-dealkylation sites (N-methyl/N-ethyl adjacent to an activating group) is 1. The first-order chi connectivity index (χ1) is 12.6. The van der Waals surface area contributed by atoms with Crippen LogP contribution in [0.15, 0.2) is 54.9 Å². The quantitative estimate of drug-likeness (QED) is 0.781. The van der Waals surface area contributed by atoms with Crippen LogP contribution in [0.1, 0.15) is 5.56 Å². The second-order valence-corrected chi connectivity index (χ2v) is 6.45. The number of aromatic nitrogens is 1. The van der Waals surface area contributed by atoms with Crippen LogP contribution in [0.3, 0.4) is 0 Å². The number of hydrogen-bond acceptors (Lipinski definition) is 4. The second kappa shape index (κ2) is 8.47. The highest BCUT2D eigenvalue weighted by Gasteiger charge is 2.28. The van der Waals surface area contributed by atoms with Gasteiger partial charge in [0.25, 0.3) is 0 Å². The average Bonchev–Trinajstić information content (AvgIpc) is 2.72. The van der Waals surface area contributed by atoms with Crippen molar-refractivity contribution >= 4 is 17.5 Å². The SMILES string of the molecule is CN(CCc1ccncc1)C(=O)C(=O)N1CCN(c2ccccc2)CC1. The molecule has 6 heteroatoms. The third kappa shape index (κ3) is 4.39. The van der Waals surface area contributed by atoms with E-state index < -0.39 is 11.8 Å². The van der Waals surface area contributed by atoms with Crippen molar-refractivity contribution < 1.29 is 9.59 Å². The molecule has 1 aromatic heterocycles. The summed E-state index contributed by atoms with van der Waals surface area (Å²) in [5.41, 5.74) is 2.25. The summed E-state index contributed by atoms with van der Waals surface area (Å²) in [6, 6.07) is 14.0. The van der Waals surface area contributed by atoms with Crippen LogP contribution in [0.2, 0.25) is 0 Å². The van der Waals surface area contributed by atoms with Crippen molar-refractivity contribution in [1.29, 1.82) is 0 Å². The number of nitrogens with zero attached hydrogens (tertiary/aromatic N) is 4. The van der Waals surface area contributed by atoms with Crippen LogP contribution in [0.4, 0.5) is 5.69 Å². The van der Waals surface area contributed by atoms with Crippen molar-refractivity contribution in [3.05, 3.63) is 60.4 Å². The number of pyridine rings is 1. The van der Waals surface area contributed by atoms with Gasteiger partial charge in [0, 0.05) is 57.9 Å². The van der Waals surface area contributed by atoms with Crippen LogP contribution >= 0.6 is 0 Å². The molecule has 2 amide bonds. The van der Waals surface area contributed by atoms with Crippen LogP contribution in [-0.4, -0.2) is 66.4 Å². The molecule has 2 aromatic rings. The van der Waals surface area contributed by atoms with Crippen LogP contribution in [-0.2, 0) is 16.0 Å². The van der Waals surface area contributed by atoms with Crippen LogP contribution in [0.25, 0.3) is 0 Å². The molecule has 1 aromatic carbocycles. The third-order valence-electron chi connectivity index (χ3n) is 4.70. The predicted octanol–water partition coefficient (Wildman–Crippen LogP) is 1.43. The van der Waals surface area contributed by atoms with Gasteiger partial charge in [-0.15, -0.1) is 0 Å². The van der Waals surface area contributed by atoms with Crippen LogP contribution in [0.5, 0.6) is 0 Å². The first-order valence-corrected chi connectivity index (χ1v) is 8.88. The van der Waals surface area contributed by atoms with Crippen molar-refractivity contribution in [2.24, 2.45) is 0 Å². The molecule has 0 bridgehead atoms. The van der Waals surface area contributed by atoms with Gasteiger partial charge >= 0.3 is 11.8 Å². The van der Waals surface area contributed by atoms with Gasteiger partial charge in [-0.1, -0.05) is 18.2 Å². The molecule has 0 spiro atoms. The zero-order valence-electron chi connectivity index (χ0n) is 15.0. The van der Waals surface area contributed by atoms with Crippen molar-refractivity contribution in [3.63, 3.8) is 0 Å². The van der Waals surface area contributed by atoms with Crippen molar-refractivity contribution in [2.75, 3.05) is 44.7 Å². The Labute approximate surface area is 154 Å². The maximum absolute atomic E-state index is 12.5. The standard InChI is InChI=1S/C20H24N4O2/c1-22(12-9-17-7-10-21-11-8-17)19(25)20(26)24-15-13-23(14-16-24)18-5-3-2-4-6-18/h2-8,10-11H,9,12-16H2,1H3. The first-order valence-electron chi connectivity index (χ1n) is 8.88. The zero-order chi connectivity index (χ0) is 18.4. The fourth-order valence-electron chi connectivity index (χ4n) is 3.05. The summed E-state index contributed by atoms with van der Waals surface area (Å²) in [6.45, 7) is 3.13. The smallest absolute Gasteiger partial charge is 0.312 e. The maximum atomic E-state index is 12.5. The van der Waals surface area contributed by atoms with Crippen LogP contribution < -0.4 is 4.90 Å². The highest BCUT2D eigenvalue weighted by Crippen LogP contribution is 2.15. The monoisotopic (exact) mass is 352 g/mol. The maximum Gasteiger partial charge on any atom is 0.312 e. The van der Waals surface area contributed by atoms with Crippen molar-refractivity contribution in [3.8, 4) is 0 Å². The van der Waals surface area contributed by atoms with Gasteiger partial charge in [-0.25, -0.2) is 0 Å². The van der Waals surface area contributed by atoms with Gasteiger partial charge in [0.1, 0.15) is 0 Å². The Bertz CT molecular complexity index is 728. The van der Waals surface area contributed by atoms with Crippen LogP contribution in [0, 0.1) is 0 Å². The molecular weight excluding hydrogens is 328 g/mol. The normalized spacial score (nSPS) is 14.2. The fourth-order valence-corrected chi connectivity index (χ4v) is 3.05. The molecule has 1 fully saturated rings. The van der Waals surface area contributed by atoms with E-state index in [1.807, 2.05) is 30.3 Å². The fraction of sp³-hybridized carbons (Fsp3) is 0.350. The lowest BCUT2D eigenvalue weighted by molar-refractivity contribution is -0.151. The number of anilines is 1. The highest BCUT2D eigenvalue weighted by molar-refractivity contribution is 6.34. The van der Waals surface area contributed by atoms with E-state index in [-0.39, 0.29) is 0 Å². The van der Waals surface area contributed by atoms with E-state index in [9.17, 15) is 9.59 Å². The molecule has 0 saturated carbocycles. The summed E-state index contributed by atoms with van der Waals surface area (Å²) in [5, 5.41) is 0. The number of piperazine rings is 1. The summed E-state index contributed by atoms with van der Waals surface area (Å²) < 4.78 is 0. The number of rotatable bonds is 4. The molecule has 1 aliphatic rings. The van der Waals surface area contributed by atoms with E-state index in [4.69, 9.17) is 0 Å². The van der Waals surface area contributed by atoms with Gasteiger partial charge in [0.05, 0.1) is 0 Å². The molecule has 26 heavy (non-hydrogen) atoms. The Morgan fingerprint density at radius 3 is 2.31 bits per heavy atom. The topological polar surface area (TPSA) is 56.8 Å². The van der Waals surface area contributed by atoms with E-state index in [0.29, 0.717) is 26.1 Å². The molecule has 3 rings (SSSR count). The molecule has 0 N–H and O–H groups in total. The lowest BCUT2D eigenvalue weighted by Crippen LogP contribution is -2.53. The summed E-state index contributed by atoms with van der Waals surface area (Å²) in [4.78, 5) is 34.3. The lowest BCUT2D eigenvalue weighted by atomic mass is 10.2. The van der Waals surface area contributed by atoms with E-state index >= 15 is 0 Å². The second-order valence-electron chi connectivity index (χ2n) is 6.45. The summed E-state index contributed by atoms with van der Waals surface area (Å²) in [6.07, 6.45) is 4.17. The molecule has 0 aliphatic carbocycles. The predicted molar refractivity (Wildman–Crippen MR) is 101 cm³/mol. The third-order valence-corrected chi connectivity index (χ3v) is 4.70. The Kier molecular flexibility index (Phi) is 5.84. The Morgan fingerprint density at radius 1 is 1.00 bits per heavy atom. The van der Waals surface area contributed by atoms with Gasteiger partial charge in [-0.3, -0.25) is 14.6 Å².